The van der Waals surface area contributed by atoms with Crippen molar-refractivity contribution >= 4 is 22.6 Å². The van der Waals surface area contributed by atoms with Crippen LogP contribution in [0.1, 0.15) is 17.2 Å². The first kappa shape index (κ1) is 11.5. The Morgan fingerprint density at radius 3 is 2.44 bits per heavy atom. The number of aliphatic hydroxyl groups is 1. The zero-order valence-corrected chi connectivity index (χ0v) is 10.4. The zero-order chi connectivity index (χ0) is 11.5. The first-order valence-corrected chi connectivity index (χ1v) is 5.78. The van der Waals surface area contributed by atoms with Crippen molar-refractivity contribution in [1.82, 2.24) is 4.98 Å². The number of hydrogen-bond acceptors (Lipinski definition) is 2. The molecule has 0 radical (unpaired) electrons. The minimum absolute atomic E-state index is 0.443. The van der Waals surface area contributed by atoms with Crippen LogP contribution >= 0.6 is 22.6 Å². The molecule has 0 saturated carbocycles. The molecular formula is C12H9FINO. The van der Waals surface area contributed by atoms with Gasteiger partial charge < -0.3 is 5.11 Å². The van der Waals surface area contributed by atoms with Crippen LogP contribution in [-0.4, -0.2) is 10.1 Å². The average Bonchev–Trinajstić information content (AvgIpc) is 2.29. The van der Waals surface area contributed by atoms with Crippen LogP contribution in [0, 0.1) is 9.39 Å². The molecule has 0 amide bonds. The largest absolute Gasteiger partial charge is 0.384 e. The van der Waals surface area contributed by atoms with Crippen molar-refractivity contribution in [1.29, 1.82) is 0 Å². The lowest BCUT2D eigenvalue weighted by atomic mass is 10.0. The normalized spacial score (nSPS) is 12.4. The minimum Gasteiger partial charge on any atom is -0.384 e. The number of rotatable bonds is 2. The van der Waals surface area contributed by atoms with E-state index in [2.05, 4.69) is 27.6 Å². The van der Waals surface area contributed by atoms with Crippen LogP contribution in [0.2, 0.25) is 0 Å². The highest BCUT2D eigenvalue weighted by Gasteiger charge is 2.11. The van der Waals surface area contributed by atoms with Crippen LogP contribution in [0.5, 0.6) is 0 Å². The molecule has 1 unspecified atom stereocenters. The topological polar surface area (TPSA) is 33.1 Å². The Morgan fingerprint density at radius 2 is 1.81 bits per heavy atom. The molecule has 2 aromatic rings. The standard InChI is InChI=1S/C12H9FINO/c13-10-5-9(6-15-7-10)12(16)8-1-3-11(14)4-2-8/h1-7,12,16H. The van der Waals surface area contributed by atoms with E-state index in [1.807, 2.05) is 24.3 Å². The van der Waals surface area contributed by atoms with Crippen LogP contribution in [0.25, 0.3) is 0 Å². The van der Waals surface area contributed by atoms with Gasteiger partial charge in [-0.2, -0.15) is 0 Å². The monoisotopic (exact) mass is 329 g/mol. The van der Waals surface area contributed by atoms with E-state index in [-0.39, 0.29) is 0 Å². The molecule has 1 aromatic heterocycles. The van der Waals surface area contributed by atoms with E-state index in [0.29, 0.717) is 5.56 Å². The predicted octanol–water partition coefficient (Wildman–Crippen LogP) is 2.91. The molecule has 4 heteroatoms. The molecule has 0 spiro atoms. The SMILES string of the molecule is OC(c1ccc(I)cc1)c1cncc(F)c1. The number of halogens is 2. The molecule has 1 atom stereocenters. The number of aromatic nitrogens is 1. The lowest BCUT2D eigenvalue weighted by Crippen LogP contribution is -2.00. The highest BCUT2D eigenvalue weighted by atomic mass is 127. The number of nitrogens with zero attached hydrogens (tertiary/aromatic N) is 1. The molecular weight excluding hydrogens is 320 g/mol. The Morgan fingerprint density at radius 1 is 1.12 bits per heavy atom. The highest BCUT2D eigenvalue weighted by Crippen LogP contribution is 2.22. The molecule has 82 valence electrons. The third-order valence-corrected chi connectivity index (χ3v) is 2.95. The Bertz CT molecular complexity index is 487. The maximum Gasteiger partial charge on any atom is 0.141 e. The van der Waals surface area contributed by atoms with E-state index in [0.717, 1.165) is 15.3 Å². The van der Waals surface area contributed by atoms with E-state index in [1.165, 1.54) is 12.3 Å². The van der Waals surface area contributed by atoms with Gasteiger partial charge in [-0.3, -0.25) is 4.98 Å². The van der Waals surface area contributed by atoms with Gasteiger partial charge >= 0.3 is 0 Å². The quantitative estimate of drug-likeness (QED) is 0.860. The minimum atomic E-state index is -0.833. The summed E-state index contributed by atoms with van der Waals surface area (Å²) in [6.07, 6.45) is 1.75. The summed E-state index contributed by atoms with van der Waals surface area (Å²) in [5.41, 5.74) is 1.19. The maximum atomic E-state index is 12.9. The summed E-state index contributed by atoms with van der Waals surface area (Å²) < 4.78 is 14.0. The second-order valence-corrected chi connectivity index (χ2v) is 4.64. The molecule has 2 nitrogen and oxygen atoms in total. The van der Waals surface area contributed by atoms with Gasteiger partial charge in [-0.1, -0.05) is 12.1 Å². The molecule has 1 heterocycles. The van der Waals surface area contributed by atoms with Gasteiger partial charge in [-0.15, -0.1) is 0 Å². The second kappa shape index (κ2) is 4.88. The van der Waals surface area contributed by atoms with Crippen LogP contribution < -0.4 is 0 Å². The first-order valence-electron chi connectivity index (χ1n) is 4.71. The highest BCUT2D eigenvalue weighted by molar-refractivity contribution is 14.1. The summed E-state index contributed by atoms with van der Waals surface area (Å²) in [4.78, 5) is 3.71. The number of benzene rings is 1. The van der Waals surface area contributed by atoms with Crippen molar-refractivity contribution in [2.24, 2.45) is 0 Å². The Kier molecular flexibility index (Phi) is 3.50. The van der Waals surface area contributed by atoms with Crippen molar-refractivity contribution in [3.05, 3.63) is 63.2 Å². The smallest absolute Gasteiger partial charge is 0.141 e. The summed E-state index contributed by atoms with van der Waals surface area (Å²) in [5, 5.41) is 10.00. The van der Waals surface area contributed by atoms with Crippen LogP contribution in [0.3, 0.4) is 0 Å². The van der Waals surface area contributed by atoms with Gasteiger partial charge in [-0.05, 0) is 46.4 Å². The summed E-state index contributed by atoms with van der Waals surface area (Å²) in [6, 6.07) is 8.71. The summed E-state index contributed by atoms with van der Waals surface area (Å²) in [5.74, 6) is -0.443. The maximum absolute atomic E-state index is 12.9. The molecule has 0 fully saturated rings. The van der Waals surface area contributed by atoms with Gasteiger partial charge in [0.1, 0.15) is 11.9 Å². The molecule has 0 bridgehead atoms. The molecule has 1 aromatic carbocycles. The summed E-state index contributed by atoms with van der Waals surface area (Å²) in [7, 11) is 0. The fourth-order valence-electron chi connectivity index (χ4n) is 1.42. The number of pyridine rings is 1. The molecule has 2 rings (SSSR count). The summed E-state index contributed by atoms with van der Waals surface area (Å²) in [6.45, 7) is 0. The second-order valence-electron chi connectivity index (χ2n) is 3.39. The lowest BCUT2D eigenvalue weighted by Gasteiger charge is -2.10. The number of hydrogen-bond donors (Lipinski definition) is 1. The number of aliphatic hydroxyl groups excluding tert-OH is 1. The molecule has 0 saturated heterocycles. The van der Waals surface area contributed by atoms with Gasteiger partial charge in [0.15, 0.2) is 0 Å². The van der Waals surface area contributed by atoms with Crippen molar-refractivity contribution in [3.63, 3.8) is 0 Å². The Labute approximate surface area is 106 Å². The van der Waals surface area contributed by atoms with Crippen molar-refractivity contribution in [2.45, 2.75) is 6.10 Å². The molecule has 0 aliphatic heterocycles. The zero-order valence-electron chi connectivity index (χ0n) is 8.27. The van der Waals surface area contributed by atoms with Gasteiger partial charge in [0.25, 0.3) is 0 Å². The molecule has 1 N–H and O–H groups in total. The molecule has 0 aliphatic carbocycles. The fourth-order valence-corrected chi connectivity index (χ4v) is 1.77. The van der Waals surface area contributed by atoms with E-state index in [9.17, 15) is 9.50 Å². The summed E-state index contributed by atoms with van der Waals surface area (Å²) >= 11 is 2.19. The van der Waals surface area contributed by atoms with Gasteiger partial charge in [-0.25, -0.2) is 4.39 Å². The molecule has 0 aliphatic rings. The fraction of sp³-hybridized carbons (Fsp3) is 0.0833. The average molecular weight is 329 g/mol. The van der Waals surface area contributed by atoms with E-state index >= 15 is 0 Å². The Hall–Kier alpha value is -1.01. The van der Waals surface area contributed by atoms with Crippen LogP contribution in [0.15, 0.2) is 42.7 Å². The van der Waals surface area contributed by atoms with Crippen LogP contribution in [0.4, 0.5) is 4.39 Å². The Balaban J connectivity index is 2.31. The van der Waals surface area contributed by atoms with E-state index in [1.54, 1.807) is 0 Å². The predicted molar refractivity (Wildman–Crippen MR) is 67.4 cm³/mol. The third kappa shape index (κ3) is 2.56. The first-order chi connectivity index (χ1) is 7.66. The van der Waals surface area contributed by atoms with Crippen molar-refractivity contribution < 1.29 is 9.50 Å². The van der Waals surface area contributed by atoms with Crippen molar-refractivity contribution in [2.75, 3.05) is 0 Å². The van der Waals surface area contributed by atoms with Gasteiger partial charge in [0, 0.05) is 15.3 Å². The van der Waals surface area contributed by atoms with Gasteiger partial charge in [0.2, 0.25) is 0 Å². The van der Waals surface area contributed by atoms with Crippen molar-refractivity contribution in [3.8, 4) is 0 Å². The molecule has 16 heavy (non-hydrogen) atoms. The lowest BCUT2D eigenvalue weighted by molar-refractivity contribution is 0.219. The van der Waals surface area contributed by atoms with Crippen LogP contribution in [-0.2, 0) is 0 Å². The third-order valence-electron chi connectivity index (χ3n) is 2.23. The van der Waals surface area contributed by atoms with E-state index < -0.39 is 11.9 Å². The van der Waals surface area contributed by atoms with E-state index in [4.69, 9.17) is 0 Å². The van der Waals surface area contributed by atoms with Gasteiger partial charge in [0.05, 0.1) is 6.20 Å².